The summed E-state index contributed by atoms with van der Waals surface area (Å²) in [5, 5.41) is 5.35. The van der Waals surface area contributed by atoms with Gasteiger partial charge in [-0.25, -0.2) is 0 Å². The molecular formula is C26H31N3O2. The lowest BCUT2D eigenvalue weighted by molar-refractivity contribution is -0.123. The Bertz CT molecular complexity index is 1010. The Labute approximate surface area is 184 Å². The lowest BCUT2D eigenvalue weighted by atomic mass is 10.0. The van der Waals surface area contributed by atoms with Gasteiger partial charge in [0.05, 0.1) is 6.04 Å². The predicted molar refractivity (Wildman–Crippen MR) is 127 cm³/mol. The molecule has 1 atom stereocenters. The third-order valence-corrected chi connectivity index (χ3v) is 5.96. The van der Waals surface area contributed by atoms with Gasteiger partial charge in [-0.2, -0.15) is 0 Å². The van der Waals surface area contributed by atoms with E-state index >= 15 is 0 Å². The number of hydrogen-bond donors (Lipinski definition) is 1. The van der Waals surface area contributed by atoms with Gasteiger partial charge in [-0.3, -0.25) is 9.69 Å². The van der Waals surface area contributed by atoms with Gasteiger partial charge in [0.25, 0.3) is 5.91 Å². The average molecular weight is 418 g/mol. The molecule has 1 aliphatic heterocycles. The first-order chi connectivity index (χ1) is 15.1. The number of nitrogens with zero attached hydrogens (tertiary/aromatic N) is 2. The quantitative estimate of drug-likeness (QED) is 0.596. The van der Waals surface area contributed by atoms with Crippen LogP contribution in [0, 0.1) is 0 Å². The van der Waals surface area contributed by atoms with Crippen molar-refractivity contribution in [2.75, 3.05) is 45.2 Å². The molecule has 162 valence electrons. The SMILES string of the molecule is CN(C)c1ccc(C(CNC(=O)COc2ccc3ccccc3c2)N2CCCC2)cc1. The van der Waals surface area contributed by atoms with E-state index in [9.17, 15) is 4.79 Å². The lowest BCUT2D eigenvalue weighted by Crippen LogP contribution is -2.38. The Balaban J connectivity index is 1.36. The molecule has 0 bridgehead atoms. The fraction of sp³-hybridized carbons (Fsp3) is 0.346. The van der Waals surface area contributed by atoms with E-state index in [1.54, 1.807) is 0 Å². The Morgan fingerprint density at radius 1 is 1.00 bits per heavy atom. The molecule has 5 nitrogen and oxygen atoms in total. The van der Waals surface area contributed by atoms with Gasteiger partial charge in [-0.05, 0) is 66.5 Å². The first-order valence-corrected chi connectivity index (χ1v) is 11.0. The van der Waals surface area contributed by atoms with Gasteiger partial charge in [0.15, 0.2) is 6.61 Å². The number of nitrogens with one attached hydrogen (secondary N) is 1. The fourth-order valence-corrected chi connectivity index (χ4v) is 4.17. The van der Waals surface area contributed by atoms with Gasteiger partial charge in [0.1, 0.15) is 5.75 Å². The molecule has 3 aromatic carbocycles. The second-order valence-corrected chi connectivity index (χ2v) is 8.35. The number of likely N-dealkylation sites (tertiary alicyclic amines) is 1. The minimum absolute atomic E-state index is 0.0185. The van der Waals surface area contributed by atoms with E-state index < -0.39 is 0 Å². The Kier molecular flexibility index (Phi) is 6.73. The van der Waals surface area contributed by atoms with Crippen LogP contribution in [0.25, 0.3) is 10.8 Å². The van der Waals surface area contributed by atoms with Crippen molar-refractivity contribution in [2.24, 2.45) is 0 Å². The minimum atomic E-state index is -0.0951. The number of amides is 1. The smallest absolute Gasteiger partial charge is 0.258 e. The van der Waals surface area contributed by atoms with E-state index in [0.717, 1.165) is 23.9 Å². The molecule has 1 fully saturated rings. The van der Waals surface area contributed by atoms with E-state index in [0.29, 0.717) is 12.3 Å². The largest absolute Gasteiger partial charge is 0.484 e. The van der Waals surface area contributed by atoms with Crippen LogP contribution in [0.1, 0.15) is 24.4 Å². The predicted octanol–water partition coefficient (Wildman–Crippen LogP) is 4.24. The van der Waals surface area contributed by atoms with E-state index in [4.69, 9.17) is 4.74 Å². The van der Waals surface area contributed by atoms with Crippen molar-refractivity contribution in [2.45, 2.75) is 18.9 Å². The minimum Gasteiger partial charge on any atom is -0.484 e. The third kappa shape index (κ3) is 5.36. The molecule has 1 heterocycles. The second-order valence-electron chi connectivity index (χ2n) is 8.35. The molecule has 1 unspecified atom stereocenters. The highest BCUT2D eigenvalue weighted by atomic mass is 16.5. The van der Waals surface area contributed by atoms with Gasteiger partial charge < -0.3 is 15.0 Å². The maximum absolute atomic E-state index is 12.5. The van der Waals surface area contributed by atoms with Gasteiger partial charge >= 0.3 is 0 Å². The van der Waals surface area contributed by atoms with Crippen LogP contribution in [0.5, 0.6) is 5.75 Å². The van der Waals surface area contributed by atoms with E-state index in [1.807, 2.05) is 50.5 Å². The fourth-order valence-electron chi connectivity index (χ4n) is 4.17. The molecule has 0 aliphatic carbocycles. The van der Waals surface area contributed by atoms with Gasteiger partial charge in [0.2, 0.25) is 0 Å². The van der Waals surface area contributed by atoms with Crippen molar-refractivity contribution in [3.8, 4) is 5.75 Å². The summed E-state index contributed by atoms with van der Waals surface area (Å²) < 4.78 is 5.75. The van der Waals surface area contributed by atoms with Crippen molar-refractivity contribution in [3.05, 3.63) is 72.3 Å². The average Bonchev–Trinajstić information content (AvgIpc) is 3.32. The van der Waals surface area contributed by atoms with Crippen LogP contribution in [0.15, 0.2) is 66.7 Å². The van der Waals surface area contributed by atoms with Crippen molar-refractivity contribution in [1.82, 2.24) is 10.2 Å². The topological polar surface area (TPSA) is 44.8 Å². The molecule has 0 radical (unpaired) electrons. The summed E-state index contributed by atoms with van der Waals surface area (Å²) in [5.74, 6) is 0.617. The summed E-state index contributed by atoms with van der Waals surface area (Å²) in [5.41, 5.74) is 2.42. The van der Waals surface area contributed by atoms with Crippen LogP contribution < -0.4 is 15.0 Å². The van der Waals surface area contributed by atoms with Crippen molar-refractivity contribution in [1.29, 1.82) is 0 Å². The second kappa shape index (κ2) is 9.84. The maximum atomic E-state index is 12.5. The molecule has 0 saturated carbocycles. The maximum Gasteiger partial charge on any atom is 0.258 e. The Hall–Kier alpha value is -3.05. The zero-order chi connectivity index (χ0) is 21.6. The van der Waals surface area contributed by atoms with E-state index in [2.05, 4.69) is 45.4 Å². The summed E-state index contributed by atoms with van der Waals surface area (Å²) in [7, 11) is 4.09. The summed E-state index contributed by atoms with van der Waals surface area (Å²) >= 11 is 0. The van der Waals surface area contributed by atoms with Gasteiger partial charge in [0, 0.05) is 26.3 Å². The molecule has 31 heavy (non-hydrogen) atoms. The zero-order valence-electron chi connectivity index (χ0n) is 18.4. The van der Waals surface area contributed by atoms with Crippen molar-refractivity contribution >= 4 is 22.4 Å². The van der Waals surface area contributed by atoms with Crippen LogP contribution in [-0.2, 0) is 4.79 Å². The highest BCUT2D eigenvalue weighted by Crippen LogP contribution is 2.26. The first kappa shape index (κ1) is 21.2. The molecule has 4 rings (SSSR count). The zero-order valence-corrected chi connectivity index (χ0v) is 18.4. The summed E-state index contributed by atoms with van der Waals surface area (Å²) in [4.78, 5) is 17.1. The van der Waals surface area contributed by atoms with Crippen LogP contribution >= 0.6 is 0 Å². The number of rotatable bonds is 8. The first-order valence-electron chi connectivity index (χ1n) is 11.0. The highest BCUT2D eigenvalue weighted by Gasteiger charge is 2.24. The number of anilines is 1. The number of carbonyl (C=O) groups excluding carboxylic acids is 1. The van der Waals surface area contributed by atoms with Crippen molar-refractivity contribution < 1.29 is 9.53 Å². The molecule has 1 amide bonds. The summed E-state index contributed by atoms with van der Waals surface area (Å²) in [6.45, 7) is 2.75. The number of ether oxygens (including phenoxy) is 1. The molecule has 0 aromatic heterocycles. The normalized spacial score (nSPS) is 15.0. The van der Waals surface area contributed by atoms with Gasteiger partial charge in [-0.1, -0.05) is 42.5 Å². The molecule has 0 spiro atoms. The molecule has 1 saturated heterocycles. The van der Waals surface area contributed by atoms with E-state index in [-0.39, 0.29) is 18.6 Å². The van der Waals surface area contributed by atoms with Crippen LogP contribution in [0.4, 0.5) is 5.69 Å². The highest BCUT2D eigenvalue weighted by molar-refractivity contribution is 5.84. The van der Waals surface area contributed by atoms with Crippen LogP contribution in [-0.4, -0.2) is 51.1 Å². The number of carbonyl (C=O) groups is 1. The Morgan fingerprint density at radius 2 is 1.71 bits per heavy atom. The van der Waals surface area contributed by atoms with Crippen molar-refractivity contribution in [3.63, 3.8) is 0 Å². The lowest BCUT2D eigenvalue weighted by Gasteiger charge is -2.28. The number of hydrogen-bond acceptors (Lipinski definition) is 4. The third-order valence-electron chi connectivity index (χ3n) is 5.96. The molecule has 5 heteroatoms. The number of benzene rings is 3. The molecule has 1 aliphatic rings. The summed E-state index contributed by atoms with van der Waals surface area (Å²) in [6, 6.07) is 22.9. The van der Waals surface area contributed by atoms with Crippen LogP contribution in [0.3, 0.4) is 0 Å². The summed E-state index contributed by atoms with van der Waals surface area (Å²) in [6.07, 6.45) is 2.43. The molecule has 1 N–H and O–H groups in total. The monoisotopic (exact) mass is 417 g/mol. The van der Waals surface area contributed by atoms with Crippen LogP contribution in [0.2, 0.25) is 0 Å². The molecular weight excluding hydrogens is 386 g/mol. The Morgan fingerprint density at radius 3 is 2.42 bits per heavy atom. The van der Waals surface area contributed by atoms with E-state index in [1.165, 1.54) is 24.1 Å². The standard InChI is InChI=1S/C26H31N3O2/c1-28(2)23-12-9-21(10-13-23)25(29-15-5-6-16-29)18-27-26(30)19-31-24-14-11-20-7-3-4-8-22(20)17-24/h3-4,7-14,17,25H,5-6,15-16,18-19H2,1-2H3,(H,27,30). The molecule has 3 aromatic rings. The number of fused-ring (bicyclic) bond motifs is 1. The van der Waals surface area contributed by atoms with Gasteiger partial charge in [-0.15, -0.1) is 0 Å².